The molecule has 2 atom stereocenters. The Hall–Kier alpha value is -2.53. The van der Waals surface area contributed by atoms with Crippen molar-refractivity contribution in [2.45, 2.75) is 25.5 Å². The lowest BCUT2D eigenvalue weighted by atomic mass is 10.0. The molecular weight excluding hydrogens is 312 g/mol. The van der Waals surface area contributed by atoms with E-state index >= 15 is 0 Å². The van der Waals surface area contributed by atoms with Gasteiger partial charge in [0.2, 0.25) is 5.91 Å². The van der Waals surface area contributed by atoms with Crippen LogP contribution in [0.15, 0.2) is 54.6 Å². The summed E-state index contributed by atoms with van der Waals surface area (Å²) < 4.78 is 25.9. The molecule has 2 aromatic carbocycles. The molecule has 0 aliphatic rings. The molecule has 1 amide bonds. The van der Waals surface area contributed by atoms with Crippen molar-refractivity contribution in [1.82, 2.24) is 5.32 Å². The maximum Gasteiger partial charge on any atom is 0.224 e. The molecule has 24 heavy (non-hydrogen) atoms. The fraction of sp³-hybridized carbons (Fsp3) is 0.211. The van der Waals surface area contributed by atoms with Crippen LogP contribution < -0.4 is 5.32 Å². The van der Waals surface area contributed by atoms with Gasteiger partial charge in [-0.2, -0.15) is 0 Å². The molecule has 2 rings (SSSR count). The van der Waals surface area contributed by atoms with E-state index in [4.69, 9.17) is 0 Å². The van der Waals surface area contributed by atoms with E-state index in [1.165, 1.54) is 36.4 Å². The van der Waals surface area contributed by atoms with Gasteiger partial charge in [-0.1, -0.05) is 36.4 Å². The number of rotatable bonds is 6. The van der Waals surface area contributed by atoms with E-state index in [2.05, 4.69) is 5.32 Å². The SMILES string of the molecule is CC(NC(=O)C/C=C/c1cccc(F)c1)C(O)c1ccc(F)cc1. The van der Waals surface area contributed by atoms with Gasteiger partial charge in [-0.3, -0.25) is 4.79 Å². The van der Waals surface area contributed by atoms with E-state index in [1.54, 1.807) is 31.2 Å². The zero-order valence-corrected chi connectivity index (χ0v) is 13.2. The summed E-state index contributed by atoms with van der Waals surface area (Å²) in [6, 6.07) is 11.0. The van der Waals surface area contributed by atoms with Crippen molar-refractivity contribution >= 4 is 12.0 Å². The summed E-state index contributed by atoms with van der Waals surface area (Å²) in [7, 11) is 0. The topological polar surface area (TPSA) is 49.3 Å². The molecule has 0 aliphatic carbocycles. The smallest absolute Gasteiger partial charge is 0.224 e. The highest BCUT2D eigenvalue weighted by Crippen LogP contribution is 2.17. The van der Waals surface area contributed by atoms with E-state index in [1.807, 2.05) is 0 Å². The Balaban J connectivity index is 1.86. The number of benzene rings is 2. The van der Waals surface area contributed by atoms with E-state index in [0.717, 1.165) is 0 Å². The van der Waals surface area contributed by atoms with Gasteiger partial charge in [0.05, 0.1) is 12.1 Å². The molecule has 5 heteroatoms. The van der Waals surface area contributed by atoms with Crippen molar-refractivity contribution in [2.24, 2.45) is 0 Å². The number of carbonyl (C=O) groups excluding carboxylic acids is 1. The monoisotopic (exact) mass is 331 g/mol. The van der Waals surface area contributed by atoms with Gasteiger partial charge in [0.1, 0.15) is 11.6 Å². The van der Waals surface area contributed by atoms with Crippen LogP contribution in [0.3, 0.4) is 0 Å². The molecule has 0 saturated heterocycles. The predicted molar refractivity (Wildman–Crippen MR) is 89.0 cm³/mol. The van der Waals surface area contributed by atoms with Crippen molar-refractivity contribution in [2.75, 3.05) is 0 Å². The Morgan fingerprint density at radius 1 is 1.17 bits per heavy atom. The third-order valence-electron chi connectivity index (χ3n) is 3.54. The van der Waals surface area contributed by atoms with Gasteiger partial charge < -0.3 is 10.4 Å². The summed E-state index contributed by atoms with van der Waals surface area (Å²) >= 11 is 0. The lowest BCUT2D eigenvalue weighted by molar-refractivity contribution is -0.121. The Kier molecular flexibility index (Phi) is 6.21. The first kappa shape index (κ1) is 17.8. The zero-order valence-electron chi connectivity index (χ0n) is 13.2. The molecule has 0 spiro atoms. The van der Waals surface area contributed by atoms with Crippen molar-refractivity contribution in [3.05, 3.63) is 77.4 Å². The highest BCUT2D eigenvalue weighted by molar-refractivity contribution is 5.78. The summed E-state index contributed by atoms with van der Waals surface area (Å²) in [5.74, 6) is -0.987. The lowest BCUT2D eigenvalue weighted by Gasteiger charge is -2.20. The minimum absolute atomic E-state index is 0.108. The van der Waals surface area contributed by atoms with Gasteiger partial charge >= 0.3 is 0 Å². The summed E-state index contributed by atoms with van der Waals surface area (Å²) in [5.41, 5.74) is 1.20. The number of nitrogens with one attached hydrogen (secondary N) is 1. The maximum absolute atomic E-state index is 13.0. The molecule has 0 saturated carbocycles. The summed E-state index contributed by atoms with van der Waals surface area (Å²) in [5, 5.41) is 12.8. The average molecular weight is 331 g/mol. The number of aliphatic hydroxyl groups excluding tert-OH is 1. The molecular formula is C19H19F2NO2. The van der Waals surface area contributed by atoms with Crippen LogP contribution in [0, 0.1) is 11.6 Å². The van der Waals surface area contributed by atoms with E-state index in [9.17, 15) is 18.7 Å². The Bertz CT molecular complexity index is 714. The summed E-state index contributed by atoms with van der Waals surface area (Å²) in [4.78, 5) is 11.9. The summed E-state index contributed by atoms with van der Waals surface area (Å²) in [6.07, 6.45) is 2.46. The maximum atomic E-state index is 13.0. The van der Waals surface area contributed by atoms with Crippen LogP contribution in [0.2, 0.25) is 0 Å². The number of hydrogen-bond donors (Lipinski definition) is 2. The molecule has 2 unspecified atom stereocenters. The number of amides is 1. The summed E-state index contributed by atoms with van der Waals surface area (Å²) in [6.45, 7) is 1.67. The first-order valence-corrected chi connectivity index (χ1v) is 7.60. The Labute approximate surface area is 139 Å². The molecule has 126 valence electrons. The Morgan fingerprint density at radius 2 is 1.88 bits per heavy atom. The first-order chi connectivity index (χ1) is 11.5. The van der Waals surface area contributed by atoms with Gasteiger partial charge in [-0.05, 0) is 42.3 Å². The second-order valence-electron chi connectivity index (χ2n) is 5.51. The van der Waals surface area contributed by atoms with Crippen LogP contribution in [0.25, 0.3) is 6.08 Å². The van der Waals surface area contributed by atoms with Crippen LogP contribution >= 0.6 is 0 Å². The third-order valence-corrected chi connectivity index (χ3v) is 3.54. The van der Waals surface area contributed by atoms with Crippen LogP contribution in [0.4, 0.5) is 8.78 Å². The van der Waals surface area contributed by atoms with Crippen molar-refractivity contribution in [3.8, 4) is 0 Å². The van der Waals surface area contributed by atoms with Crippen molar-refractivity contribution in [1.29, 1.82) is 0 Å². The number of hydrogen-bond acceptors (Lipinski definition) is 2. The number of carbonyl (C=O) groups is 1. The second-order valence-corrected chi connectivity index (χ2v) is 5.51. The van der Waals surface area contributed by atoms with Gasteiger partial charge in [-0.25, -0.2) is 8.78 Å². The van der Waals surface area contributed by atoms with E-state index < -0.39 is 12.1 Å². The molecule has 0 fully saturated rings. The Morgan fingerprint density at radius 3 is 2.54 bits per heavy atom. The highest BCUT2D eigenvalue weighted by atomic mass is 19.1. The number of aliphatic hydroxyl groups is 1. The van der Waals surface area contributed by atoms with Crippen LogP contribution in [0.1, 0.15) is 30.6 Å². The molecule has 0 aliphatic heterocycles. The normalized spacial score (nSPS) is 13.7. The molecule has 2 aromatic rings. The largest absolute Gasteiger partial charge is 0.386 e. The molecule has 3 nitrogen and oxygen atoms in total. The second kappa shape index (κ2) is 8.36. The molecule has 2 N–H and O–H groups in total. The highest BCUT2D eigenvalue weighted by Gasteiger charge is 2.17. The average Bonchev–Trinajstić information content (AvgIpc) is 2.55. The quantitative estimate of drug-likeness (QED) is 0.849. The van der Waals surface area contributed by atoms with Crippen LogP contribution in [-0.4, -0.2) is 17.1 Å². The van der Waals surface area contributed by atoms with E-state index in [-0.39, 0.29) is 24.0 Å². The lowest BCUT2D eigenvalue weighted by Crippen LogP contribution is -2.36. The standard InChI is InChI=1S/C19H19F2NO2/c1-13(19(24)15-8-10-16(20)11-9-15)22-18(23)7-3-5-14-4-2-6-17(21)12-14/h2-6,8-13,19,24H,7H2,1H3,(H,22,23)/b5-3+. The predicted octanol–water partition coefficient (Wildman–Crippen LogP) is 3.61. The van der Waals surface area contributed by atoms with Crippen molar-refractivity contribution < 1.29 is 18.7 Å². The third kappa shape index (κ3) is 5.28. The minimum Gasteiger partial charge on any atom is -0.386 e. The zero-order chi connectivity index (χ0) is 17.5. The van der Waals surface area contributed by atoms with Gasteiger partial charge in [-0.15, -0.1) is 0 Å². The minimum atomic E-state index is -0.929. The first-order valence-electron chi connectivity index (χ1n) is 7.60. The van der Waals surface area contributed by atoms with E-state index in [0.29, 0.717) is 11.1 Å². The molecule has 0 heterocycles. The van der Waals surface area contributed by atoms with Gasteiger partial charge in [0, 0.05) is 6.42 Å². The van der Waals surface area contributed by atoms with Crippen molar-refractivity contribution in [3.63, 3.8) is 0 Å². The van der Waals surface area contributed by atoms with Crippen LogP contribution in [0.5, 0.6) is 0 Å². The fourth-order valence-electron chi connectivity index (χ4n) is 2.25. The molecule has 0 aromatic heterocycles. The van der Waals surface area contributed by atoms with Crippen LogP contribution in [-0.2, 0) is 4.79 Å². The molecule has 0 bridgehead atoms. The number of halogens is 2. The fourth-order valence-corrected chi connectivity index (χ4v) is 2.25. The molecule has 0 radical (unpaired) electrons. The van der Waals surface area contributed by atoms with Gasteiger partial charge in [0.15, 0.2) is 0 Å². The van der Waals surface area contributed by atoms with Gasteiger partial charge in [0.25, 0.3) is 0 Å².